The molecular weight excluding hydrogens is 557 g/mol. The third-order valence-corrected chi connectivity index (χ3v) is 8.88. The van der Waals surface area contributed by atoms with Gasteiger partial charge in [0.2, 0.25) is 11.8 Å². The third-order valence-electron chi connectivity index (χ3n) is 6.47. The average Bonchev–Trinajstić information content (AvgIpc) is 2.91. The summed E-state index contributed by atoms with van der Waals surface area (Å²) in [6, 6.07) is 18.6. The Hall–Kier alpha value is -3.07. The van der Waals surface area contributed by atoms with Crippen LogP contribution in [0.25, 0.3) is 0 Å². The van der Waals surface area contributed by atoms with E-state index in [2.05, 4.69) is 5.32 Å². The van der Waals surface area contributed by atoms with E-state index in [-0.39, 0.29) is 29.1 Å². The Balaban J connectivity index is 2.03. The maximum atomic E-state index is 13.9. The van der Waals surface area contributed by atoms with Crippen LogP contribution in [0.15, 0.2) is 77.7 Å². The molecule has 7 nitrogen and oxygen atoms in total. The summed E-state index contributed by atoms with van der Waals surface area (Å²) in [5.41, 5.74) is 1.80. The number of halogens is 2. The van der Waals surface area contributed by atoms with Gasteiger partial charge in [-0.25, -0.2) is 8.42 Å². The number of nitrogens with zero attached hydrogens (tertiary/aromatic N) is 2. The summed E-state index contributed by atoms with van der Waals surface area (Å²) >= 11 is 12.4. The van der Waals surface area contributed by atoms with Gasteiger partial charge >= 0.3 is 0 Å². The minimum absolute atomic E-state index is 0.0205. The van der Waals surface area contributed by atoms with Crippen LogP contribution < -0.4 is 9.62 Å². The number of hydrogen-bond acceptors (Lipinski definition) is 4. The molecule has 0 aromatic heterocycles. The Labute approximate surface area is 240 Å². The first-order valence-electron chi connectivity index (χ1n) is 12.6. The molecule has 0 saturated carbocycles. The van der Waals surface area contributed by atoms with Crippen LogP contribution in [0.1, 0.15) is 38.3 Å². The molecule has 1 N–H and O–H groups in total. The summed E-state index contributed by atoms with van der Waals surface area (Å²) in [7, 11) is -4.15. The summed E-state index contributed by atoms with van der Waals surface area (Å²) in [6.07, 6.45) is 0.718. The molecule has 2 atom stereocenters. The molecule has 2 amide bonds. The lowest BCUT2D eigenvalue weighted by Gasteiger charge is -2.32. The number of nitrogens with one attached hydrogen (secondary N) is 1. The molecule has 0 aliphatic carbocycles. The van der Waals surface area contributed by atoms with Crippen molar-refractivity contribution >= 4 is 50.7 Å². The molecule has 208 valence electrons. The van der Waals surface area contributed by atoms with Crippen LogP contribution in [-0.2, 0) is 26.2 Å². The maximum absolute atomic E-state index is 13.9. The van der Waals surface area contributed by atoms with E-state index in [0.717, 1.165) is 16.3 Å². The third kappa shape index (κ3) is 7.75. The van der Waals surface area contributed by atoms with Crippen molar-refractivity contribution < 1.29 is 18.0 Å². The number of carbonyl (C=O) groups is 2. The summed E-state index contributed by atoms with van der Waals surface area (Å²) in [6.45, 7) is 6.78. The van der Waals surface area contributed by atoms with Crippen LogP contribution in [0.4, 0.5) is 5.69 Å². The number of rotatable bonds is 11. The van der Waals surface area contributed by atoms with Crippen LogP contribution in [0.5, 0.6) is 0 Å². The maximum Gasteiger partial charge on any atom is 0.264 e. The average molecular weight is 591 g/mol. The highest BCUT2D eigenvalue weighted by molar-refractivity contribution is 7.92. The number of amides is 2. The van der Waals surface area contributed by atoms with Crippen LogP contribution >= 0.6 is 23.2 Å². The highest BCUT2D eigenvalue weighted by Crippen LogP contribution is 2.27. The normalized spacial score (nSPS) is 12.9. The summed E-state index contributed by atoms with van der Waals surface area (Å²) < 4.78 is 28.7. The van der Waals surface area contributed by atoms with Crippen molar-refractivity contribution in [1.82, 2.24) is 10.2 Å². The molecule has 0 spiro atoms. The van der Waals surface area contributed by atoms with E-state index in [1.165, 1.54) is 17.0 Å². The Morgan fingerprint density at radius 3 is 2.13 bits per heavy atom. The van der Waals surface area contributed by atoms with Gasteiger partial charge in [0.05, 0.1) is 10.6 Å². The van der Waals surface area contributed by atoms with Crippen molar-refractivity contribution in [3.63, 3.8) is 0 Å². The zero-order valence-corrected chi connectivity index (χ0v) is 24.7. The SMILES string of the molecule is CC[C@@H](C)NC(=O)[C@H](C)N(Cc1ccccc1Cl)C(=O)CN(c1ccc(Cl)cc1)S(=O)(=O)c1ccc(C)cc1. The number of benzene rings is 3. The predicted octanol–water partition coefficient (Wildman–Crippen LogP) is 5.83. The topological polar surface area (TPSA) is 86.8 Å². The molecule has 0 unspecified atom stereocenters. The van der Waals surface area contributed by atoms with E-state index in [4.69, 9.17) is 23.2 Å². The first-order valence-corrected chi connectivity index (χ1v) is 14.8. The number of carbonyl (C=O) groups excluding carboxylic acids is 2. The second kappa shape index (κ2) is 13.3. The minimum Gasteiger partial charge on any atom is -0.352 e. The van der Waals surface area contributed by atoms with Gasteiger partial charge in [-0.15, -0.1) is 0 Å². The van der Waals surface area contributed by atoms with Gasteiger partial charge in [-0.1, -0.05) is 66.0 Å². The number of aryl methyl sites for hydroxylation is 1. The fourth-order valence-corrected chi connectivity index (χ4v) is 5.57. The molecule has 0 radical (unpaired) electrons. The van der Waals surface area contributed by atoms with Gasteiger partial charge in [0.1, 0.15) is 12.6 Å². The lowest BCUT2D eigenvalue weighted by atomic mass is 10.1. The first kappa shape index (κ1) is 30.5. The molecular formula is C29H33Cl2N3O4S. The van der Waals surface area contributed by atoms with Crippen molar-refractivity contribution in [2.75, 3.05) is 10.8 Å². The van der Waals surface area contributed by atoms with Gasteiger partial charge in [0, 0.05) is 22.6 Å². The zero-order valence-electron chi connectivity index (χ0n) is 22.4. The summed E-state index contributed by atoms with van der Waals surface area (Å²) in [4.78, 5) is 28.4. The fraction of sp³-hybridized carbons (Fsp3) is 0.310. The van der Waals surface area contributed by atoms with E-state index in [0.29, 0.717) is 15.6 Å². The van der Waals surface area contributed by atoms with Crippen LogP contribution in [0, 0.1) is 6.92 Å². The van der Waals surface area contributed by atoms with Crippen molar-refractivity contribution in [2.45, 2.75) is 57.6 Å². The molecule has 0 aliphatic rings. The van der Waals surface area contributed by atoms with E-state index >= 15 is 0 Å². The van der Waals surface area contributed by atoms with E-state index in [9.17, 15) is 18.0 Å². The lowest BCUT2D eigenvalue weighted by Crippen LogP contribution is -2.52. The quantitative estimate of drug-likeness (QED) is 0.305. The van der Waals surface area contributed by atoms with Gasteiger partial charge in [0.25, 0.3) is 10.0 Å². The molecule has 0 heterocycles. The Bertz CT molecular complexity index is 1400. The van der Waals surface area contributed by atoms with E-state index in [1.54, 1.807) is 67.6 Å². The van der Waals surface area contributed by atoms with Crippen molar-refractivity contribution in [2.24, 2.45) is 0 Å². The molecule has 3 aromatic carbocycles. The standard InChI is InChI=1S/C29H33Cl2N3O4S/c1-5-21(3)32-29(36)22(4)33(18-23-8-6-7-9-27(23)31)28(35)19-34(25-14-12-24(30)13-15-25)39(37,38)26-16-10-20(2)11-17-26/h6-17,21-22H,5,18-19H2,1-4H3,(H,32,36)/t21-,22+/m1/s1. The molecule has 39 heavy (non-hydrogen) atoms. The summed E-state index contributed by atoms with van der Waals surface area (Å²) in [5, 5.41) is 3.77. The van der Waals surface area contributed by atoms with Crippen LogP contribution in [-0.4, -0.2) is 43.8 Å². The highest BCUT2D eigenvalue weighted by Gasteiger charge is 2.33. The van der Waals surface area contributed by atoms with Crippen molar-refractivity contribution in [3.8, 4) is 0 Å². The second-order valence-electron chi connectivity index (χ2n) is 9.41. The predicted molar refractivity (Wildman–Crippen MR) is 157 cm³/mol. The van der Waals surface area contributed by atoms with Gasteiger partial charge < -0.3 is 10.2 Å². The Morgan fingerprint density at radius 1 is 0.923 bits per heavy atom. The second-order valence-corrected chi connectivity index (χ2v) is 12.1. The van der Waals surface area contributed by atoms with Crippen molar-refractivity contribution in [1.29, 1.82) is 0 Å². The zero-order chi connectivity index (χ0) is 28.7. The molecule has 0 bridgehead atoms. The van der Waals surface area contributed by atoms with Gasteiger partial charge in [-0.3, -0.25) is 13.9 Å². The molecule has 0 saturated heterocycles. The molecule has 3 rings (SSSR count). The smallest absolute Gasteiger partial charge is 0.264 e. The first-order chi connectivity index (χ1) is 18.4. The Morgan fingerprint density at radius 2 is 1.54 bits per heavy atom. The fourth-order valence-electron chi connectivity index (χ4n) is 3.83. The van der Waals surface area contributed by atoms with Gasteiger partial charge in [-0.05, 0) is 75.2 Å². The molecule has 0 aliphatic heterocycles. The number of anilines is 1. The monoisotopic (exact) mass is 589 g/mol. The molecule has 3 aromatic rings. The largest absolute Gasteiger partial charge is 0.352 e. The van der Waals surface area contributed by atoms with Crippen LogP contribution in [0.2, 0.25) is 10.0 Å². The number of sulfonamides is 1. The van der Waals surface area contributed by atoms with Gasteiger partial charge in [0.15, 0.2) is 0 Å². The van der Waals surface area contributed by atoms with E-state index < -0.39 is 28.5 Å². The number of hydrogen-bond donors (Lipinski definition) is 1. The lowest BCUT2D eigenvalue weighted by molar-refractivity contribution is -0.139. The molecule has 0 fully saturated rings. The minimum atomic E-state index is -4.15. The highest BCUT2D eigenvalue weighted by atomic mass is 35.5. The van der Waals surface area contributed by atoms with E-state index in [1.807, 2.05) is 20.8 Å². The van der Waals surface area contributed by atoms with Gasteiger partial charge in [-0.2, -0.15) is 0 Å². The molecule has 10 heteroatoms. The summed E-state index contributed by atoms with van der Waals surface area (Å²) in [5.74, 6) is -0.906. The van der Waals surface area contributed by atoms with Crippen molar-refractivity contribution in [3.05, 3.63) is 94.0 Å². The van der Waals surface area contributed by atoms with Crippen LogP contribution in [0.3, 0.4) is 0 Å². The Kier molecular flexibility index (Phi) is 10.4.